The predicted molar refractivity (Wildman–Crippen MR) is 49.4 cm³/mol. The van der Waals surface area contributed by atoms with Crippen molar-refractivity contribution in [2.75, 3.05) is 0 Å². The standard InChI is InChI=1S/C10H21N/c1-8(2)9-5-4-6-10(3,11)7-9/h8-9H,4-7,11H2,1-3H3/t9-,10-/m1/s1. The maximum atomic E-state index is 6.11. The Morgan fingerprint density at radius 3 is 2.45 bits per heavy atom. The van der Waals surface area contributed by atoms with Crippen LogP contribution in [0.15, 0.2) is 0 Å². The third-order valence-electron chi connectivity index (χ3n) is 2.99. The van der Waals surface area contributed by atoms with Crippen LogP contribution in [0.1, 0.15) is 46.5 Å². The van der Waals surface area contributed by atoms with Crippen molar-refractivity contribution in [2.45, 2.75) is 52.0 Å². The minimum atomic E-state index is 0.132. The Hall–Kier alpha value is -0.0400. The molecule has 1 aliphatic rings. The summed E-state index contributed by atoms with van der Waals surface area (Å²) in [7, 11) is 0. The fourth-order valence-corrected chi connectivity index (χ4v) is 2.14. The van der Waals surface area contributed by atoms with Crippen molar-refractivity contribution in [3.8, 4) is 0 Å². The molecule has 2 N–H and O–H groups in total. The summed E-state index contributed by atoms with van der Waals surface area (Å²) >= 11 is 0. The van der Waals surface area contributed by atoms with Crippen LogP contribution < -0.4 is 5.73 Å². The van der Waals surface area contributed by atoms with Crippen molar-refractivity contribution in [1.82, 2.24) is 0 Å². The topological polar surface area (TPSA) is 26.0 Å². The first-order valence-corrected chi connectivity index (χ1v) is 4.80. The van der Waals surface area contributed by atoms with Gasteiger partial charge in [-0.15, -0.1) is 0 Å². The molecule has 0 saturated heterocycles. The van der Waals surface area contributed by atoms with Gasteiger partial charge in [0.15, 0.2) is 0 Å². The van der Waals surface area contributed by atoms with Crippen LogP contribution in [-0.4, -0.2) is 5.54 Å². The summed E-state index contributed by atoms with van der Waals surface area (Å²) in [6.45, 7) is 6.82. The first kappa shape index (κ1) is 9.05. The van der Waals surface area contributed by atoms with Gasteiger partial charge in [0, 0.05) is 5.54 Å². The molecule has 1 aliphatic carbocycles. The van der Waals surface area contributed by atoms with Gasteiger partial charge in [-0.25, -0.2) is 0 Å². The molecule has 0 aromatic rings. The van der Waals surface area contributed by atoms with E-state index in [2.05, 4.69) is 20.8 Å². The summed E-state index contributed by atoms with van der Waals surface area (Å²) in [6, 6.07) is 0. The second kappa shape index (κ2) is 3.14. The Morgan fingerprint density at radius 1 is 1.45 bits per heavy atom. The van der Waals surface area contributed by atoms with Crippen LogP contribution >= 0.6 is 0 Å². The third kappa shape index (κ3) is 2.48. The molecule has 0 unspecified atom stereocenters. The SMILES string of the molecule is CC(C)[C@@H]1CCC[C@@](C)(N)C1. The van der Waals surface area contributed by atoms with Crippen molar-refractivity contribution >= 4 is 0 Å². The van der Waals surface area contributed by atoms with E-state index in [1.165, 1.54) is 25.7 Å². The minimum Gasteiger partial charge on any atom is -0.325 e. The second-order valence-electron chi connectivity index (χ2n) is 4.75. The smallest absolute Gasteiger partial charge is 0.0128 e. The molecule has 0 amide bonds. The Bertz CT molecular complexity index is 127. The molecule has 0 radical (unpaired) electrons. The maximum Gasteiger partial charge on any atom is 0.0128 e. The molecule has 0 aromatic carbocycles. The van der Waals surface area contributed by atoms with E-state index in [0.717, 1.165) is 11.8 Å². The summed E-state index contributed by atoms with van der Waals surface area (Å²) in [6.07, 6.45) is 5.17. The van der Waals surface area contributed by atoms with E-state index in [1.807, 2.05) is 0 Å². The Morgan fingerprint density at radius 2 is 2.09 bits per heavy atom. The van der Waals surface area contributed by atoms with Gasteiger partial charge in [0.2, 0.25) is 0 Å². The lowest BCUT2D eigenvalue weighted by atomic mass is 9.73. The number of rotatable bonds is 1. The van der Waals surface area contributed by atoms with E-state index < -0.39 is 0 Å². The first-order chi connectivity index (χ1) is 5.01. The van der Waals surface area contributed by atoms with Gasteiger partial charge in [-0.1, -0.05) is 26.7 Å². The monoisotopic (exact) mass is 155 g/mol. The lowest BCUT2D eigenvalue weighted by Crippen LogP contribution is -2.42. The number of hydrogen-bond acceptors (Lipinski definition) is 1. The fourth-order valence-electron chi connectivity index (χ4n) is 2.14. The van der Waals surface area contributed by atoms with Crippen molar-refractivity contribution in [1.29, 1.82) is 0 Å². The summed E-state index contributed by atoms with van der Waals surface area (Å²) < 4.78 is 0. The summed E-state index contributed by atoms with van der Waals surface area (Å²) in [5.41, 5.74) is 6.24. The molecule has 11 heavy (non-hydrogen) atoms. The van der Waals surface area contributed by atoms with Crippen molar-refractivity contribution in [2.24, 2.45) is 17.6 Å². The molecule has 0 heterocycles. The van der Waals surface area contributed by atoms with Gasteiger partial charge in [0.25, 0.3) is 0 Å². The van der Waals surface area contributed by atoms with E-state index >= 15 is 0 Å². The van der Waals surface area contributed by atoms with E-state index in [4.69, 9.17) is 5.73 Å². The van der Waals surface area contributed by atoms with Gasteiger partial charge >= 0.3 is 0 Å². The van der Waals surface area contributed by atoms with Gasteiger partial charge in [0.1, 0.15) is 0 Å². The molecule has 1 saturated carbocycles. The zero-order valence-corrected chi connectivity index (χ0v) is 8.06. The normalized spacial score (nSPS) is 39.5. The molecular weight excluding hydrogens is 134 g/mol. The Balaban J connectivity index is 2.46. The van der Waals surface area contributed by atoms with E-state index in [0.29, 0.717) is 0 Å². The highest BCUT2D eigenvalue weighted by Crippen LogP contribution is 2.34. The third-order valence-corrected chi connectivity index (χ3v) is 2.99. The summed E-state index contributed by atoms with van der Waals surface area (Å²) in [4.78, 5) is 0. The van der Waals surface area contributed by atoms with Gasteiger partial charge in [0.05, 0.1) is 0 Å². The van der Waals surface area contributed by atoms with Gasteiger partial charge in [-0.2, -0.15) is 0 Å². The van der Waals surface area contributed by atoms with Crippen LogP contribution in [0.2, 0.25) is 0 Å². The van der Waals surface area contributed by atoms with Crippen LogP contribution in [0.5, 0.6) is 0 Å². The molecule has 0 aromatic heterocycles. The molecule has 66 valence electrons. The molecule has 2 atom stereocenters. The van der Waals surface area contributed by atoms with E-state index in [9.17, 15) is 0 Å². The van der Waals surface area contributed by atoms with Crippen LogP contribution in [-0.2, 0) is 0 Å². The average Bonchev–Trinajstić information content (AvgIpc) is 1.85. The number of hydrogen-bond donors (Lipinski definition) is 1. The highest BCUT2D eigenvalue weighted by molar-refractivity contribution is 4.87. The van der Waals surface area contributed by atoms with Crippen molar-refractivity contribution in [3.63, 3.8) is 0 Å². The van der Waals surface area contributed by atoms with Gasteiger partial charge in [-0.05, 0) is 31.6 Å². The summed E-state index contributed by atoms with van der Waals surface area (Å²) in [5.74, 6) is 1.69. The molecule has 1 nitrogen and oxygen atoms in total. The van der Waals surface area contributed by atoms with Gasteiger partial charge in [-0.3, -0.25) is 0 Å². The maximum absolute atomic E-state index is 6.11. The zero-order chi connectivity index (χ0) is 8.48. The first-order valence-electron chi connectivity index (χ1n) is 4.80. The van der Waals surface area contributed by atoms with Crippen LogP contribution in [0, 0.1) is 11.8 Å². The van der Waals surface area contributed by atoms with E-state index in [-0.39, 0.29) is 5.54 Å². The van der Waals surface area contributed by atoms with Gasteiger partial charge < -0.3 is 5.73 Å². The number of nitrogens with two attached hydrogens (primary N) is 1. The Kier molecular flexibility index (Phi) is 2.58. The predicted octanol–water partition coefficient (Wildman–Crippen LogP) is 2.55. The molecule has 1 heteroatoms. The molecular formula is C10H21N. The highest BCUT2D eigenvalue weighted by atomic mass is 14.7. The lowest BCUT2D eigenvalue weighted by Gasteiger charge is -2.36. The molecule has 0 aliphatic heterocycles. The van der Waals surface area contributed by atoms with E-state index in [1.54, 1.807) is 0 Å². The van der Waals surface area contributed by atoms with Crippen LogP contribution in [0.3, 0.4) is 0 Å². The molecule has 1 fully saturated rings. The molecule has 0 spiro atoms. The van der Waals surface area contributed by atoms with Crippen molar-refractivity contribution in [3.05, 3.63) is 0 Å². The zero-order valence-electron chi connectivity index (χ0n) is 8.06. The molecule has 0 bridgehead atoms. The quantitative estimate of drug-likeness (QED) is 0.618. The second-order valence-corrected chi connectivity index (χ2v) is 4.75. The highest BCUT2D eigenvalue weighted by Gasteiger charge is 2.29. The molecule has 1 rings (SSSR count). The van der Waals surface area contributed by atoms with Crippen LogP contribution in [0.25, 0.3) is 0 Å². The van der Waals surface area contributed by atoms with Crippen molar-refractivity contribution < 1.29 is 0 Å². The summed E-state index contributed by atoms with van der Waals surface area (Å²) in [5, 5.41) is 0. The minimum absolute atomic E-state index is 0.132. The Labute approximate surface area is 70.4 Å². The fraction of sp³-hybridized carbons (Fsp3) is 1.00. The lowest BCUT2D eigenvalue weighted by molar-refractivity contribution is 0.197. The average molecular weight is 155 g/mol. The van der Waals surface area contributed by atoms with Crippen LogP contribution in [0.4, 0.5) is 0 Å². The largest absolute Gasteiger partial charge is 0.325 e.